The number of aryl methyl sites for hydroxylation is 2. The van der Waals surface area contributed by atoms with Crippen molar-refractivity contribution < 1.29 is 0 Å². The Hall–Kier alpha value is -0.980. The van der Waals surface area contributed by atoms with Crippen LogP contribution in [0, 0.1) is 19.8 Å². The van der Waals surface area contributed by atoms with Crippen LogP contribution in [0.25, 0.3) is 0 Å². The zero-order valence-corrected chi connectivity index (χ0v) is 10.7. The molecular formula is C15H23N. The number of anilines is 1. The highest BCUT2D eigenvalue weighted by Crippen LogP contribution is 2.30. The third kappa shape index (κ3) is 2.78. The van der Waals surface area contributed by atoms with E-state index in [4.69, 9.17) is 0 Å². The SMILES string of the molecule is CCC1CCC(Nc2cc(C)cc(C)c2)C1. The molecule has 1 saturated carbocycles. The second-order valence-electron chi connectivity index (χ2n) is 5.30. The first-order chi connectivity index (χ1) is 7.67. The summed E-state index contributed by atoms with van der Waals surface area (Å²) in [4.78, 5) is 0. The minimum atomic E-state index is 0.700. The first-order valence-corrected chi connectivity index (χ1v) is 6.52. The molecule has 1 fully saturated rings. The van der Waals surface area contributed by atoms with Crippen molar-refractivity contribution in [3.8, 4) is 0 Å². The molecule has 1 aliphatic carbocycles. The zero-order valence-electron chi connectivity index (χ0n) is 10.7. The molecule has 1 N–H and O–H groups in total. The predicted molar refractivity (Wildman–Crippen MR) is 71.0 cm³/mol. The molecule has 1 aliphatic rings. The Labute approximate surface area is 99.3 Å². The highest BCUT2D eigenvalue weighted by Gasteiger charge is 2.22. The summed E-state index contributed by atoms with van der Waals surface area (Å²) < 4.78 is 0. The Kier molecular flexibility index (Phi) is 3.52. The number of benzene rings is 1. The van der Waals surface area contributed by atoms with Gasteiger partial charge >= 0.3 is 0 Å². The van der Waals surface area contributed by atoms with Crippen molar-refractivity contribution in [2.24, 2.45) is 5.92 Å². The minimum absolute atomic E-state index is 0.700. The van der Waals surface area contributed by atoms with Crippen LogP contribution in [-0.4, -0.2) is 6.04 Å². The summed E-state index contributed by atoms with van der Waals surface area (Å²) >= 11 is 0. The van der Waals surface area contributed by atoms with E-state index >= 15 is 0 Å². The molecule has 2 atom stereocenters. The van der Waals surface area contributed by atoms with E-state index in [0.717, 1.165) is 5.92 Å². The first-order valence-electron chi connectivity index (χ1n) is 6.52. The van der Waals surface area contributed by atoms with Crippen molar-refractivity contribution >= 4 is 5.69 Å². The van der Waals surface area contributed by atoms with Crippen LogP contribution in [0.3, 0.4) is 0 Å². The fourth-order valence-electron chi connectivity index (χ4n) is 2.87. The van der Waals surface area contributed by atoms with Gasteiger partial charge in [0.05, 0.1) is 0 Å². The summed E-state index contributed by atoms with van der Waals surface area (Å²) in [5.41, 5.74) is 4.01. The highest BCUT2D eigenvalue weighted by atomic mass is 14.9. The quantitative estimate of drug-likeness (QED) is 0.796. The lowest BCUT2D eigenvalue weighted by atomic mass is 10.1. The molecule has 0 amide bonds. The van der Waals surface area contributed by atoms with Crippen molar-refractivity contribution in [2.75, 3.05) is 5.32 Å². The van der Waals surface area contributed by atoms with Gasteiger partial charge in [-0.2, -0.15) is 0 Å². The van der Waals surface area contributed by atoms with Gasteiger partial charge < -0.3 is 5.32 Å². The van der Waals surface area contributed by atoms with E-state index in [2.05, 4.69) is 44.3 Å². The van der Waals surface area contributed by atoms with Crippen LogP contribution in [0.4, 0.5) is 5.69 Å². The molecule has 1 heteroatoms. The maximum Gasteiger partial charge on any atom is 0.0347 e. The largest absolute Gasteiger partial charge is 0.382 e. The predicted octanol–water partition coefficient (Wildman–Crippen LogP) is 4.29. The van der Waals surface area contributed by atoms with Gasteiger partial charge in [0.25, 0.3) is 0 Å². The van der Waals surface area contributed by atoms with Crippen molar-refractivity contribution in [2.45, 2.75) is 52.5 Å². The lowest BCUT2D eigenvalue weighted by molar-refractivity contribution is 0.525. The van der Waals surface area contributed by atoms with Crippen LogP contribution in [0.2, 0.25) is 0 Å². The summed E-state index contributed by atoms with van der Waals surface area (Å²) in [5.74, 6) is 0.948. The molecule has 1 nitrogen and oxygen atoms in total. The Bertz CT molecular complexity index is 336. The standard InChI is InChI=1S/C15H23N/c1-4-13-5-6-14(10-13)16-15-8-11(2)7-12(3)9-15/h7-9,13-14,16H,4-6,10H2,1-3H3. The summed E-state index contributed by atoms with van der Waals surface area (Å²) in [7, 11) is 0. The number of rotatable bonds is 3. The van der Waals surface area contributed by atoms with Crippen molar-refractivity contribution in [1.82, 2.24) is 0 Å². The Balaban J connectivity index is 1.99. The Morgan fingerprint density at radius 1 is 1.12 bits per heavy atom. The molecule has 1 aromatic carbocycles. The molecule has 0 bridgehead atoms. The van der Waals surface area contributed by atoms with Crippen LogP contribution in [0.5, 0.6) is 0 Å². The third-order valence-corrected chi connectivity index (χ3v) is 3.71. The summed E-state index contributed by atoms with van der Waals surface area (Å²) in [6.45, 7) is 6.65. The van der Waals surface area contributed by atoms with E-state index < -0.39 is 0 Å². The molecule has 0 heterocycles. The van der Waals surface area contributed by atoms with Gasteiger partial charge in [-0.3, -0.25) is 0 Å². The molecule has 2 rings (SSSR count). The summed E-state index contributed by atoms with van der Waals surface area (Å²) in [5, 5.41) is 3.69. The fraction of sp³-hybridized carbons (Fsp3) is 0.600. The number of nitrogens with one attached hydrogen (secondary N) is 1. The topological polar surface area (TPSA) is 12.0 Å². The molecule has 0 radical (unpaired) electrons. The molecule has 0 saturated heterocycles. The van der Waals surface area contributed by atoms with E-state index in [9.17, 15) is 0 Å². The second kappa shape index (κ2) is 4.90. The lowest BCUT2D eigenvalue weighted by Gasteiger charge is -2.15. The molecular weight excluding hydrogens is 194 g/mol. The van der Waals surface area contributed by atoms with Gasteiger partial charge in [0.2, 0.25) is 0 Å². The third-order valence-electron chi connectivity index (χ3n) is 3.71. The van der Waals surface area contributed by atoms with Gasteiger partial charge in [-0.05, 0) is 62.3 Å². The monoisotopic (exact) mass is 217 g/mol. The second-order valence-corrected chi connectivity index (χ2v) is 5.30. The summed E-state index contributed by atoms with van der Waals surface area (Å²) in [6, 6.07) is 7.44. The lowest BCUT2D eigenvalue weighted by Crippen LogP contribution is -2.15. The smallest absolute Gasteiger partial charge is 0.0347 e. The molecule has 0 spiro atoms. The van der Waals surface area contributed by atoms with Crippen molar-refractivity contribution in [3.63, 3.8) is 0 Å². The van der Waals surface area contributed by atoms with Crippen LogP contribution in [-0.2, 0) is 0 Å². The van der Waals surface area contributed by atoms with Crippen LogP contribution in [0.1, 0.15) is 43.7 Å². The van der Waals surface area contributed by atoms with E-state index in [1.807, 2.05) is 0 Å². The van der Waals surface area contributed by atoms with E-state index in [1.54, 1.807) is 0 Å². The average Bonchev–Trinajstić information content (AvgIpc) is 2.64. The molecule has 16 heavy (non-hydrogen) atoms. The molecule has 88 valence electrons. The Morgan fingerprint density at radius 3 is 2.38 bits per heavy atom. The average molecular weight is 217 g/mol. The van der Waals surface area contributed by atoms with Gasteiger partial charge in [-0.1, -0.05) is 19.4 Å². The van der Waals surface area contributed by atoms with Gasteiger partial charge in [0.1, 0.15) is 0 Å². The molecule has 0 aliphatic heterocycles. The normalized spacial score (nSPS) is 24.7. The summed E-state index contributed by atoms with van der Waals surface area (Å²) in [6.07, 6.45) is 5.43. The van der Waals surface area contributed by atoms with Gasteiger partial charge in [0, 0.05) is 11.7 Å². The zero-order chi connectivity index (χ0) is 11.5. The van der Waals surface area contributed by atoms with Crippen molar-refractivity contribution in [1.29, 1.82) is 0 Å². The first kappa shape index (κ1) is 11.5. The van der Waals surface area contributed by atoms with Crippen molar-refractivity contribution in [3.05, 3.63) is 29.3 Å². The highest BCUT2D eigenvalue weighted by molar-refractivity contribution is 5.49. The molecule has 2 unspecified atom stereocenters. The van der Waals surface area contributed by atoms with E-state index in [1.165, 1.54) is 42.5 Å². The van der Waals surface area contributed by atoms with Crippen LogP contribution < -0.4 is 5.32 Å². The van der Waals surface area contributed by atoms with Gasteiger partial charge in [0.15, 0.2) is 0 Å². The molecule has 0 aromatic heterocycles. The maximum atomic E-state index is 3.69. The maximum absolute atomic E-state index is 3.69. The number of hydrogen-bond acceptors (Lipinski definition) is 1. The van der Waals surface area contributed by atoms with Crippen LogP contribution >= 0.6 is 0 Å². The van der Waals surface area contributed by atoms with Crippen LogP contribution in [0.15, 0.2) is 18.2 Å². The molecule has 1 aromatic rings. The van der Waals surface area contributed by atoms with Gasteiger partial charge in [-0.15, -0.1) is 0 Å². The van der Waals surface area contributed by atoms with Gasteiger partial charge in [-0.25, -0.2) is 0 Å². The van der Waals surface area contributed by atoms with E-state index in [-0.39, 0.29) is 0 Å². The van der Waals surface area contributed by atoms with E-state index in [0.29, 0.717) is 6.04 Å². The minimum Gasteiger partial charge on any atom is -0.382 e. The number of hydrogen-bond donors (Lipinski definition) is 1. The Morgan fingerprint density at radius 2 is 1.81 bits per heavy atom. The fourth-order valence-corrected chi connectivity index (χ4v) is 2.87.